The molecule has 2 aromatic rings. The van der Waals surface area contributed by atoms with Crippen molar-refractivity contribution in [1.29, 1.82) is 0 Å². The minimum absolute atomic E-state index is 0.0157. The predicted molar refractivity (Wildman–Crippen MR) is 86.5 cm³/mol. The van der Waals surface area contributed by atoms with E-state index in [2.05, 4.69) is 37.7 Å². The third kappa shape index (κ3) is 3.75. The Morgan fingerprint density at radius 1 is 1.24 bits per heavy atom. The second-order valence-corrected chi connectivity index (χ2v) is 6.72. The Balaban J connectivity index is 1.59. The molecule has 21 heavy (non-hydrogen) atoms. The number of thiophene rings is 1. The summed E-state index contributed by atoms with van der Waals surface area (Å²) in [5.41, 5.74) is 1.36. The van der Waals surface area contributed by atoms with E-state index in [0.29, 0.717) is 10.4 Å². The third-order valence-corrected chi connectivity index (χ3v) is 4.80. The van der Waals surface area contributed by atoms with Crippen LogP contribution in [0.25, 0.3) is 0 Å². The zero-order chi connectivity index (χ0) is 14.7. The molecule has 1 saturated heterocycles. The molecule has 3 heterocycles. The molecule has 0 saturated carbocycles. The number of amides is 1. The Kier molecular flexibility index (Phi) is 4.77. The van der Waals surface area contributed by atoms with Crippen molar-refractivity contribution in [3.05, 3.63) is 45.0 Å². The Morgan fingerprint density at radius 2 is 2.14 bits per heavy atom. The first-order chi connectivity index (χ1) is 10.2. The molecule has 0 unspecified atom stereocenters. The Bertz CT molecular complexity index is 597. The fourth-order valence-corrected chi connectivity index (χ4v) is 3.52. The van der Waals surface area contributed by atoms with E-state index in [9.17, 15) is 4.79 Å². The average molecular weight is 369 g/mol. The Morgan fingerprint density at radius 3 is 2.86 bits per heavy atom. The van der Waals surface area contributed by atoms with Gasteiger partial charge >= 0.3 is 0 Å². The molecular formula is C15H17BrN2O2S. The summed E-state index contributed by atoms with van der Waals surface area (Å²) < 4.78 is 5.96. The van der Waals surface area contributed by atoms with E-state index in [4.69, 9.17) is 4.42 Å². The molecule has 0 aliphatic carbocycles. The van der Waals surface area contributed by atoms with Gasteiger partial charge in [-0.3, -0.25) is 9.69 Å². The summed E-state index contributed by atoms with van der Waals surface area (Å²) in [5, 5.41) is 4.30. The third-order valence-electron chi connectivity index (χ3n) is 3.65. The number of hydrogen-bond donors (Lipinski definition) is 0. The van der Waals surface area contributed by atoms with Gasteiger partial charge in [0, 0.05) is 32.7 Å². The second-order valence-electron chi connectivity index (χ2n) is 5.16. The van der Waals surface area contributed by atoms with Crippen molar-refractivity contribution in [3.63, 3.8) is 0 Å². The zero-order valence-corrected chi connectivity index (χ0v) is 14.0. The molecule has 0 radical (unpaired) electrons. The number of hydrogen-bond acceptors (Lipinski definition) is 4. The molecule has 0 N–H and O–H groups in total. The summed E-state index contributed by atoms with van der Waals surface area (Å²) in [6, 6.07) is 5.65. The van der Waals surface area contributed by atoms with Crippen LogP contribution in [0.1, 0.15) is 22.5 Å². The molecule has 112 valence electrons. The van der Waals surface area contributed by atoms with Crippen LogP contribution in [-0.2, 0) is 6.54 Å². The van der Waals surface area contributed by atoms with E-state index in [0.717, 1.165) is 39.1 Å². The van der Waals surface area contributed by atoms with Crippen molar-refractivity contribution in [2.75, 3.05) is 26.2 Å². The summed E-state index contributed by atoms with van der Waals surface area (Å²) in [4.78, 5) is 16.7. The molecular weight excluding hydrogens is 352 g/mol. The fourth-order valence-electron chi connectivity index (χ4n) is 2.56. The Hall–Kier alpha value is -1.11. The molecule has 1 amide bonds. The number of carbonyl (C=O) groups excluding carboxylic acids is 1. The van der Waals surface area contributed by atoms with Crippen LogP contribution in [0.5, 0.6) is 0 Å². The number of carbonyl (C=O) groups is 1. The molecule has 3 rings (SSSR count). The molecule has 0 bridgehead atoms. The quantitative estimate of drug-likeness (QED) is 0.832. The van der Waals surface area contributed by atoms with Gasteiger partial charge < -0.3 is 9.32 Å². The molecule has 6 heteroatoms. The summed E-state index contributed by atoms with van der Waals surface area (Å²) in [7, 11) is 0. The van der Waals surface area contributed by atoms with E-state index in [1.54, 1.807) is 23.5 Å². The lowest BCUT2D eigenvalue weighted by Crippen LogP contribution is -2.34. The highest BCUT2D eigenvalue weighted by molar-refractivity contribution is 9.10. The number of halogens is 1. The average Bonchev–Trinajstić information content (AvgIpc) is 3.07. The van der Waals surface area contributed by atoms with Crippen molar-refractivity contribution in [3.8, 4) is 0 Å². The SMILES string of the molecule is O=C(c1ccc(Br)o1)N1CCCN(Cc2ccsc2)CC1. The summed E-state index contributed by atoms with van der Waals surface area (Å²) in [5.74, 6) is 0.395. The van der Waals surface area contributed by atoms with E-state index >= 15 is 0 Å². The zero-order valence-electron chi connectivity index (χ0n) is 11.6. The highest BCUT2D eigenvalue weighted by atomic mass is 79.9. The standard InChI is InChI=1S/C15H17BrN2O2S/c16-14-3-2-13(20-14)15(19)18-6-1-5-17(7-8-18)10-12-4-9-21-11-12/h2-4,9,11H,1,5-8,10H2. The minimum atomic E-state index is -0.0157. The van der Waals surface area contributed by atoms with Gasteiger partial charge in [0.05, 0.1) is 0 Å². The van der Waals surface area contributed by atoms with Crippen LogP contribution in [0.2, 0.25) is 0 Å². The van der Waals surface area contributed by atoms with Gasteiger partial charge in [0.25, 0.3) is 5.91 Å². The van der Waals surface area contributed by atoms with Crippen LogP contribution in [0.15, 0.2) is 38.0 Å². The normalized spacial score (nSPS) is 16.9. The van der Waals surface area contributed by atoms with Crippen molar-refractivity contribution < 1.29 is 9.21 Å². The maximum Gasteiger partial charge on any atom is 0.289 e. The maximum absolute atomic E-state index is 12.4. The van der Waals surface area contributed by atoms with Gasteiger partial charge in [-0.05, 0) is 56.9 Å². The molecule has 1 fully saturated rings. The van der Waals surface area contributed by atoms with Crippen molar-refractivity contribution in [1.82, 2.24) is 9.80 Å². The van der Waals surface area contributed by atoms with Crippen molar-refractivity contribution in [2.24, 2.45) is 0 Å². The molecule has 1 aliphatic rings. The summed E-state index contributed by atoms with van der Waals surface area (Å²) >= 11 is 4.97. The van der Waals surface area contributed by atoms with E-state index in [1.807, 2.05) is 4.90 Å². The highest BCUT2D eigenvalue weighted by Gasteiger charge is 2.22. The van der Waals surface area contributed by atoms with Crippen molar-refractivity contribution in [2.45, 2.75) is 13.0 Å². The monoisotopic (exact) mass is 368 g/mol. The first-order valence-corrected chi connectivity index (χ1v) is 8.74. The summed E-state index contributed by atoms with van der Waals surface area (Å²) in [6.45, 7) is 4.45. The van der Waals surface area contributed by atoms with Crippen LogP contribution < -0.4 is 0 Å². The van der Waals surface area contributed by atoms with E-state index in [1.165, 1.54) is 5.56 Å². The van der Waals surface area contributed by atoms with Crippen LogP contribution in [0.3, 0.4) is 0 Å². The Labute approximate surface area is 136 Å². The molecule has 0 spiro atoms. The van der Waals surface area contributed by atoms with Gasteiger partial charge in [-0.15, -0.1) is 0 Å². The van der Waals surface area contributed by atoms with Crippen LogP contribution in [0.4, 0.5) is 0 Å². The number of nitrogens with zero attached hydrogens (tertiary/aromatic N) is 2. The van der Waals surface area contributed by atoms with Gasteiger partial charge in [-0.2, -0.15) is 11.3 Å². The number of rotatable bonds is 3. The summed E-state index contributed by atoms with van der Waals surface area (Å²) in [6.07, 6.45) is 0.998. The largest absolute Gasteiger partial charge is 0.444 e. The highest BCUT2D eigenvalue weighted by Crippen LogP contribution is 2.17. The van der Waals surface area contributed by atoms with E-state index < -0.39 is 0 Å². The minimum Gasteiger partial charge on any atom is -0.444 e. The molecule has 1 aliphatic heterocycles. The van der Waals surface area contributed by atoms with Gasteiger partial charge in [0.1, 0.15) is 0 Å². The lowest BCUT2D eigenvalue weighted by molar-refractivity contribution is 0.0728. The van der Waals surface area contributed by atoms with Gasteiger partial charge in [0.15, 0.2) is 10.4 Å². The first kappa shape index (κ1) is 14.8. The van der Waals surface area contributed by atoms with Crippen LogP contribution in [-0.4, -0.2) is 41.9 Å². The van der Waals surface area contributed by atoms with Gasteiger partial charge in [-0.25, -0.2) is 0 Å². The van der Waals surface area contributed by atoms with Crippen LogP contribution >= 0.6 is 27.3 Å². The van der Waals surface area contributed by atoms with Gasteiger partial charge in [0.2, 0.25) is 0 Å². The smallest absolute Gasteiger partial charge is 0.289 e. The van der Waals surface area contributed by atoms with Gasteiger partial charge in [-0.1, -0.05) is 0 Å². The van der Waals surface area contributed by atoms with Crippen LogP contribution in [0, 0.1) is 0 Å². The molecule has 2 aromatic heterocycles. The predicted octanol–water partition coefficient (Wildman–Crippen LogP) is 3.45. The molecule has 4 nitrogen and oxygen atoms in total. The second kappa shape index (κ2) is 6.77. The topological polar surface area (TPSA) is 36.7 Å². The van der Waals surface area contributed by atoms with Crippen molar-refractivity contribution >= 4 is 33.2 Å². The molecule has 0 aromatic carbocycles. The lowest BCUT2D eigenvalue weighted by atomic mass is 10.3. The molecule has 0 atom stereocenters. The lowest BCUT2D eigenvalue weighted by Gasteiger charge is -2.21. The number of furan rings is 1. The maximum atomic E-state index is 12.4. The van der Waals surface area contributed by atoms with E-state index in [-0.39, 0.29) is 5.91 Å². The first-order valence-electron chi connectivity index (χ1n) is 7.00. The fraction of sp³-hybridized carbons (Fsp3) is 0.400.